The molecule has 29 heavy (non-hydrogen) atoms. The number of carbonyl (C=O) groups excluding carboxylic acids is 1. The Bertz CT molecular complexity index is 520. The number of rotatable bonds is 11. The first kappa shape index (κ1) is 24.0. The van der Waals surface area contributed by atoms with Gasteiger partial charge in [0.05, 0.1) is 37.3 Å². The number of aliphatic hydroxyl groups is 2. The zero-order valence-electron chi connectivity index (χ0n) is 16.7. The van der Waals surface area contributed by atoms with Crippen LogP contribution in [0.4, 0.5) is 0 Å². The van der Waals surface area contributed by atoms with Crippen LogP contribution in [0.25, 0.3) is 0 Å². The molecule has 0 aromatic rings. The molecule has 168 valence electrons. The molecule has 2 rings (SSSR count). The molecule has 0 bridgehead atoms. The molecular weight excluding hydrogens is 384 g/mol. The largest absolute Gasteiger partial charge is 0.481 e. The number of aliphatic hydroxyl groups excluding tert-OH is 2. The lowest BCUT2D eigenvalue weighted by Crippen LogP contribution is -2.43. The molecule has 6 unspecified atom stereocenters. The van der Waals surface area contributed by atoms with Gasteiger partial charge in [-0.15, -0.1) is 0 Å². The van der Waals surface area contributed by atoms with Crippen molar-refractivity contribution < 1.29 is 39.9 Å². The molecule has 2 aliphatic rings. The maximum Gasteiger partial charge on any atom is 0.307 e. The Morgan fingerprint density at radius 3 is 2.34 bits per heavy atom. The van der Waals surface area contributed by atoms with Crippen molar-refractivity contribution in [1.82, 2.24) is 10.8 Å². The quantitative estimate of drug-likeness (QED) is 0.156. The van der Waals surface area contributed by atoms with Gasteiger partial charge in [0.2, 0.25) is 5.91 Å². The van der Waals surface area contributed by atoms with Crippen molar-refractivity contribution in [3.8, 4) is 0 Å². The molecule has 6 N–H and O–H groups in total. The summed E-state index contributed by atoms with van der Waals surface area (Å²) < 4.78 is 0. The van der Waals surface area contributed by atoms with Crippen molar-refractivity contribution in [1.29, 1.82) is 0 Å². The van der Waals surface area contributed by atoms with Crippen molar-refractivity contribution in [2.75, 3.05) is 26.3 Å². The molecule has 10 heteroatoms. The van der Waals surface area contributed by atoms with Crippen LogP contribution in [0, 0.1) is 23.7 Å². The molecule has 0 radical (unpaired) electrons. The molecule has 2 fully saturated rings. The Morgan fingerprint density at radius 1 is 0.897 bits per heavy atom. The number of carbonyl (C=O) groups is 2. The van der Waals surface area contributed by atoms with E-state index in [1.54, 1.807) is 0 Å². The van der Waals surface area contributed by atoms with Gasteiger partial charge < -0.3 is 25.5 Å². The van der Waals surface area contributed by atoms with Crippen LogP contribution >= 0.6 is 0 Å². The number of nitrogens with one attached hydrogen (secondary N) is 2. The van der Waals surface area contributed by atoms with E-state index in [1.165, 1.54) is 0 Å². The molecule has 6 atom stereocenters. The molecule has 2 saturated carbocycles. The minimum Gasteiger partial charge on any atom is -0.481 e. The number of amides is 1. The molecule has 0 saturated heterocycles. The van der Waals surface area contributed by atoms with Gasteiger partial charge in [-0.1, -0.05) is 0 Å². The average molecular weight is 418 g/mol. The number of hydrogen-bond acceptors (Lipinski definition) is 8. The monoisotopic (exact) mass is 418 g/mol. The van der Waals surface area contributed by atoms with Gasteiger partial charge in [-0.2, -0.15) is 0 Å². The number of hydrogen-bond donors (Lipinski definition) is 6. The number of hydroxylamine groups is 1. The third-order valence-electron chi connectivity index (χ3n) is 6.03. The van der Waals surface area contributed by atoms with E-state index in [4.69, 9.17) is 10.1 Å². The van der Waals surface area contributed by atoms with Crippen LogP contribution in [0.1, 0.15) is 44.9 Å². The van der Waals surface area contributed by atoms with Crippen molar-refractivity contribution in [3.63, 3.8) is 0 Å². The lowest BCUT2D eigenvalue weighted by atomic mass is 9.77. The highest BCUT2D eigenvalue weighted by molar-refractivity contribution is 5.84. The molecule has 10 nitrogen and oxygen atoms in total. The van der Waals surface area contributed by atoms with Crippen LogP contribution in [0.2, 0.25) is 0 Å². The standard InChI is InChI=1S/C19H34N2O8/c22-14-3-2-12(11-29-27)13(8-14)10-28-21-7-1-6-20-18(24)17-9-15(23)4-5-16(17)19(25)26/h12-17,21-23,27H,1-11H2,(H,20,24)(H,25,26). The normalized spacial score (nSPS) is 32.7. The first-order valence-electron chi connectivity index (χ1n) is 10.4. The lowest BCUT2D eigenvalue weighted by molar-refractivity contribution is -0.257. The van der Waals surface area contributed by atoms with E-state index in [2.05, 4.69) is 15.7 Å². The second-order valence-corrected chi connectivity index (χ2v) is 8.15. The summed E-state index contributed by atoms with van der Waals surface area (Å²) in [6.45, 7) is 1.47. The van der Waals surface area contributed by atoms with Crippen LogP contribution in [0.3, 0.4) is 0 Å². The summed E-state index contributed by atoms with van der Waals surface area (Å²) >= 11 is 0. The fraction of sp³-hybridized carbons (Fsp3) is 0.895. The summed E-state index contributed by atoms with van der Waals surface area (Å²) in [4.78, 5) is 33.3. The topological polar surface area (TPSA) is 158 Å². The summed E-state index contributed by atoms with van der Waals surface area (Å²) in [7, 11) is 0. The summed E-state index contributed by atoms with van der Waals surface area (Å²) in [5.41, 5.74) is 2.83. The van der Waals surface area contributed by atoms with Gasteiger partial charge in [0.1, 0.15) is 0 Å². The molecule has 1 amide bonds. The predicted molar refractivity (Wildman–Crippen MR) is 101 cm³/mol. The van der Waals surface area contributed by atoms with Crippen LogP contribution in [0.15, 0.2) is 0 Å². The van der Waals surface area contributed by atoms with Crippen LogP contribution in [0.5, 0.6) is 0 Å². The SMILES string of the molecule is O=C(O)C1CCC(O)CC1C(=O)NCCCNOCC1CC(O)CCC1COO. The zero-order chi connectivity index (χ0) is 21.2. The van der Waals surface area contributed by atoms with Gasteiger partial charge in [-0.05, 0) is 56.8 Å². The predicted octanol–water partition coefficient (Wildman–Crippen LogP) is 0.143. The molecule has 0 aromatic heterocycles. The summed E-state index contributed by atoms with van der Waals surface area (Å²) in [6.07, 6.45) is 2.56. The second kappa shape index (κ2) is 12.4. The van der Waals surface area contributed by atoms with Crippen molar-refractivity contribution in [3.05, 3.63) is 0 Å². The Morgan fingerprint density at radius 2 is 1.62 bits per heavy atom. The Balaban J connectivity index is 1.60. The maximum absolute atomic E-state index is 12.3. The van der Waals surface area contributed by atoms with Gasteiger partial charge in [0, 0.05) is 13.1 Å². The van der Waals surface area contributed by atoms with E-state index in [0.717, 1.165) is 6.42 Å². The van der Waals surface area contributed by atoms with Gasteiger partial charge in [0.15, 0.2) is 0 Å². The molecule has 0 spiro atoms. The molecular formula is C19H34N2O8. The van der Waals surface area contributed by atoms with E-state index in [-0.39, 0.29) is 36.9 Å². The van der Waals surface area contributed by atoms with Gasteiger partial charge in [0.25, 0.3) is 0 Å². The zero-order valence-corrected chi connectivity index (χ0v) is 16.7. The highest BCUT2D eigenvalue weighted by Gasteiger charge is 2.38. The molecule has 0 heterocycles. The van der Waals surface area contributed by atoms with E-state index in [9.17, 15) is 24.9 Å². The minimum absolute atomic E-state index is 0.0868. The summed E-state index contributed by atoms with van der Waals surface area (Å²) in [6, 6.07) is 0. The third-order valence-corrected chi connectivity index (χ3v) is 6.03. The number of aliphatic carboxylic acids is 1. The van der Waals surface area contributed by atoms with E-state index < -0.39 is 23.9 Å². The van der Waals surface area contributed by atoms with Crippen LogP contribution < -0.4 is 10.8 Å². The average Bonchev–Trinajstić information content (AvgIpc) is 2.68. The highest BCUT2D eigenvalue weighted by atomic mass is 17.1. The Kier molecular flexibility index (Phi) is 10.3. The number of carboxylic acids is 1. The highest BCUT2D eigenvalue weighted by Crippen LogP contribution is 2.31. The van der Waals surface area contributed by atoms with Crippen molar-refractivity contribution in [2.45, 2.75) is 57.2 Å². The minimum atomic E-state index is -0.996. The fourth-order valence-corrected chi connectivity index (χ4v) is 4.30. The van der Waals surface area contributed by atoms with Crippen LogP contribution in [-0.2, 0) is 19.3 Å². The van der Waals surface area contributed by atoms with E-state index in [1.807, 2.05) is 0 Å². The molecule has 0 aliphatic heterocycles. The maximum atomic E-state index is 12.3. The van der Waals surface area contributed by atoms with Crippen LogP contribution in [-0.4, -0.2) is 71.0 Å². The first-order valence-corrected chi connectivity index (χ1v) is 10.4. The van der Waals surface area contributed by atoms with Crippen molar-refractivity contribution in [2.24, 2.45) is 23.7 Å². The fourth-order valence-electron chi connectivity index (χ4n) is 4.30. The van der Waals surface area contributed by atoms with Crippen molar-refractivity contribution >= 4 is 11.9 Å². The summed E-state index contributed by atoms with van der Waals surface area (Å²) in [5.74, 6) is -2.56. The Labute approximate surface area is 170 Å². The third kappa shape index (κ3) is 7.80. The second-order valence-electron chi connectivity index (χ2n) is 8.15. The molecule has 2 aliphatic carbocycles. The lowest BCUT2D eigenvalue weighted by Gasteiger charge is -2.33. The Hall–Kier alpha value is -1.30. The van der Waals surface area contributed by atoms with Gasteiger partial charge in [-0.3, -0.25) is 14.8 Å². The first-order chi connectivity index (χ1) is 13.9. The van der Waals surface area contributed by atoms with Gasteiger partial charge >= 0.3 is 5.97 Å². The number of carboxylic acid groups (broad SMARTS) is 1. The molecule has 0 aromatic carbocycles. The van der Waals surface area contributed by atoms with Gasteiger partial charge in [-0.25, -0.2) is 10.4 Å². The van der Waals surface area contributed by atoms with E-state index >= 15 is 0 Å². The smallest absolute Gasteiger partial charge is 0.307 e. The van der Waals surface area contributed by atoms with E-state index in [0.29, 0.717) is 51.8 Å². The summed E-state index contributed by atoms with van der Waals surface area (Å²) in [5, 5.41) is 40.2.